The molecule has 0 saturated carbocycles. The van der Waals surface area contributed by atoms with Gasteiger partial charge in [0, 0.05) is 19.6 Å². The third kappa shape index (κ3) is 4.67. The van der Waals surface area contributed by atoms with Gasteiger partial charge in [0.2, 0.25) is 0 Å². The van der Waals surface area contributed by atoms with Crippen molar-refractivity contribution in [3.8, 4) is 0 Å². The van der Waals surface area contributed by atoms with Gasteiger partial charge in [-0.2, -0.15) is 0 Å². The second kappa shape index (κ2) is 7.67. The molecule has 2 N–H and O–H groups in total. The summed E-state index contributed by atoms with van der Waals surface area (Å²) in [4.78, 5) is 14.2. The van der Waals surface area contributed by atoms with E-state index in [-0.39, 0.29) is 18.4 Å². The Bertz CT molecular complexity index is 631. The van der Waals surface area contributed by atoms with E-state index >= 15 is 0 Å². The van der Waals surface area contributed by atoms with Gasteiger partial charge in [0.15, 0.2) is 0 Å². The van der Waals surface area contributed by atoms with E-state index in [2.05, 4.69) is 25.3 Å². The first-order valence-electron chi connectivity index (χ1n) is 8.68. The van der Waals surface area contributed by atoms with Crippen LogP contribution in [0.25, 0.3) is 0 Å². The van der Waals surface area contributed by atoms with Crippen molar-refractivity contribution in [1.29, 1.82) is 0 Å². The molecule has 0 unspecified atom stereocenters. The highest BCUT2D eigenvalue weighted by atomic mass is 19.1. The molecule has 2 rings (SSSR count). The van der Waals surface area contributed by atoms with E-state index in [1.807, 2.05) is 6.08 Å². The Kier molecular flexibility index (Phi) is 6.01. The van der Waals surface area contributed by atoms with Crippen LogP contribution in [0.15, 0.2) is 36.9 Å². The second-order valence-corrected chi connectivity index (χ2v) is 7.94. The van der Waals surface area contributed by atoms with E-state index in [4.69, 9.17) is 0 Å². The van der Waals surface area contributed by atoms with Crippen LogP contribution in [0.5, 0.6) is 0 Å². The first-order valence-corrected chi connectivity index (χ1v) is 8.68. The second-order valence-electron chi connectivity index (χ2n) is 7.94. The first-order chi connectivity index (χ1) is 11.7. The number of piperidine rings is 1. The summed E-state index contributed by atoms with van der Waals surface area (Å²) in [5.74, 6) is -1.43. The minimum absolute atomic E-state index is 0.0207. The van der Waals surface area contributed by atoms with E-state index in [0.717, 1.165) is 13.0 Å². The quantitative estimate of drug-likeness (QED) is 0.743. The van der Waals surface area contributed by atoms with E-state index in [1.165, 1.54) is 12.1 Å². The van der Waals surface area contributed by atoms with Crippen molar-refractivity contribution in [3.63, 3.8) is 0 Å². The Hall–Kier alpha value is -1.72. The summed E-state index contributed by atoms with van der Waals surface area (Å²) in [5, 5.41) is 20.4. The van der Waals surface area contributed by atoms with E-state index in [9.17, 15) is 19.4 Å². The zero-order valence-corrected chi connectivity index (χ0v) is 15.0. The molecule has 1 saturated heterocycles. The molecule has 1 aliphatic rings. The zero-order valence-electron chi connectivity index (χ0n) is 15.0. The number of aliphatic hydroxyl groups is 1. The summed E-state index contributed by atoms with van der Waals surface area (Å²) < 4.78 is 13.5. The average molecular weight is 349 g/mol. The van der Waals surface area contributed by atoms with Crippen LogP contribution < -0.4 is 0 Å². The van der Waals surface area contributed by atoms with Crippen LogP contribution in [0.4, 0.5) is 4.39 Å². The lowest BCUT2D eigenvalue weighted by Crippen LogP contribution is -2.58. The first kappa shape index (κ1) is 19.6. The Labute approximate surface area is 149 Å². The number of carboxylic acid groups (broad SMARTS) is 1. The Morgan fingerprint density at radius 2 is 2.24 bits per heavy atom. The van der Waals surface area contributed by atoms with Gasteiger partial charge in [0.25, 0.3) is 0 Å². The van der Waals surface area contributed by atoms with E-state index in [0.29, 0.717) is 18.5 Å². The molecule has 0 spiro atoms. The summed E-state index contributed by atoms with van der Waals surface area (Å²) in [7, 11) is 0. The average Bonchev–Trinajstić information content (AvgIpc) is 2.50. The van der Waals surface area contributed by atoms with Gasteiger partial charge in [-0.1, -0.05) is 32.1 Å². The summed E-state index contributed by atoms with van der Waals surface area (Å²) in [6, 6.07) is 5.96. The molecule has 5 heteroatoms. The number of aliphatic hydroxyl groups excluding tert-OH is 1. The van der Waals surface area contributed by atoms with Crippen molar-refractivity contribution in [3.05, 3.63) is 48.3 Å². The normalized spacial score (nSPS) is 24.9. The molecule has 4 nitrogen and oxygen atoms in total. The van der Waals surface area contributed by atoms with Crippen LogP contribution in [0.3, 0.4) is 0 Å². The number of rotatable bonds is 7. The number of carboxylic acids is 1. The Morgan fingerprint density at radius 3 is 2.84 bits per heavy atom. The molecule has 2 atom stereocenters. The lowest BCUT2D eigenvalue weighted by molar-refractivity contribution is -0.164. The summed E-state index contributed by atoms with van der Waals surface area (Å²) in [5.41, 5.74) is -0.752. The molecule has 0 amide bonds. The topological polar surface area (TPSA) is 60.8 Å². The third-order valence-electron chi connectivity index (χ3n) is 5.05. The predicted molar refractivity (Wildman–Crippen MR) is 95.8 cm³/mol. The Morgan fingerprint density at radius 1 is 1.52 bits per heavy atom. The van der Waals surface area contributed by atoms with Crippen LogP contribution in [-0.4, -0.2) is 46.8 Å². The van der Waals surface area contributed by atoms with E-state index < -0.39 is 23.3 Å². The molecule has 1 aromatic carbocycles. The van der Waals surface area contributed by atoms with Gasteiger partial charge < -0.3 is 15.1 Å². The molecular weight excluding hydrogens is 321 g/mol. The number of hydrogen-bond donors (Lipinski definition) is 2. The van der Waals surface area contributed by atoms with Crippen molar-refractivity contribution in [2.75, 3.05) is 19.6 Å². The fraction of sp³-hybridized carbons (Fsp3) is 0.550. The van der Waals surface area contributed by atoms with Gasteiger partial charge in [-0.25, -0.2) is 4.39 Å². The van der Waals surface area contributed by atoms with Gasteiger partial charge in [0.1, 0.15) is 11.2 Å². The minimum Gasteiger partial charge on any atom is -0.481 e. The van der Waals surface area contributed by atoms with Crippen LogP contribution >= 0.6 is 0 Å². The largest absolute Gasteiger partial charge is 0.481 e. The maximum absolute atomic E-state index is 13.5. The molecular formula is C20H28FNO3. The predicted octanol–water partition coefficient (Wildman–Crippen LogP) is 3.11. The number of nitrogens with zero attached hydrogens (tertiary/aromatic N) is 1. The molecule has 0 aromatic heterocycles. The summed E-state index contributed by atoms with van der Waals surface area (Å²) >= 11 is 0. The number of halogens is 1. The number of benzene rings is 1. The van der Waals surface area contributed by atoms with Crippen molar-refractivity contribution < 1.29 is 19.4 Å². The maximum atomic E-state index is 13.5. The molecule has 0 aliphatic carbocycles. The molecule has 1 aromatic rings. The third-order valence-corrected chi connectivity index (χ3v) is 5.05. The highest BCUT2D eigenvalue weighted by Gasteiger charge is 2.49. The van der Waals surface area contributed by atoms with Crippen molar-refractivity contribution in [1.82, 2.24) is 4.90 Å². The zero-order chi connectivity index (χ0) is 18.7. The number of allylic oxidation sites excluding steroid dienone is 1. The lowest BCUT2D eigenvalue weighted by atomic mass is 9.72. The smallest absolute Gasteiger partial charge is 0.313 e. The molecule has 0 bridgehead atoms. The summed E-state index contributed by atoms with van der Waals surface area (Å²) in [6.45, 7) is 9.65. The molecule has 0 radical (unpaired) electrons. The van der Waals surface area contributed by atoms with Gasteiger partial charge >= 0.3 is 5.97 Å². The van der Waals surface area contributed by atoms with Gasteiger partial charge in [-0.15, -0.1) is 6.58 Å². The monoisotopic (exact) mass is 349 g/mol. The molecule has 1 aliphatic heterocycles. The van der Waals surface area contributed by atoms with Crippen LogP contribution in [0.1, 0.15) is 32.3 Å². The van der Waals surface area contributed by atoms with Crippen LogP contribution in [0, 0.1) is 16.6 Å². The minimum atomic E-state index is -1.32. The Balaban J connectivity index is 2.24. The number of hydrogen-bond acceptors (Lipinski definition) is 3. The fourth-order valence-corrected chi connectivity index (χ4v) is 3.83. The van der Waals surface area contributed by atoms with Crippen LogP contribution in [-0.2, 0) is 11.2 Å². The SMILES string of the molecule is C=CCC(C)(C)CN1CC[C@@H](O)[C@](Cc2cccc(F)c2)(C(=O)O)C1. The van der Waals surface area contributed by atoms with Gasteiger partial charge in [-0.3, -0.25) is 4.79 Å². The highest BCUT2D eigenvalue weighted by Crippen LogP contribution is 2.36. The van der Waals surface area contributed by atoms with E-state index in [1.54, 1.807) is 12.1 Å². The maximum Gasteiger partial charge on any atom is 0.313 e. The van der Waals surface area contributed by atoms with Crippen molar-refractivity contribution >= 4 is 5.97 Å². The number of likely N-dealkylation sites (tertiary alicyclic amines) is 1. The molecule has 138 valence electrons. The lowest BCUT2D eigenvalue weighted by Gasteiger charge is -2.45. The summed E-state index contributed by atoms with van der Waals surface area (Å²) in [6.07, 6.45) is 2.25. The number of aliphatic carboxylic acids is 1. The fourth-order valence-electron chi connectivity index (χ4n) is 3.83. The standard InChI is InChI=1S/C20H28FNO3/c1-4-9-19(2,3)13-22-10-8-17(23)20(14-22,18(24)25)12-15-6-5-7-16(21)11-15/h4-7,11,17,23H,1,8-10,12-14H2,2-3H3,(H,24,25)/t17-,20-/m1/s1. The number of carbonyl (C=O) groups is 1. The van der Waals surface area contributed by atoms with Crippen LogP contribution in [0.2, 0.25) is 0 Å². The van der Waals surface area contributed by atoms with Crippen molar-refractivity contribution in [2.24, 2.45) is 10.8 Å². The molecule has 25 heavy (non-hydrogen) atoms. The van der Waals surface area contributed by atoms with Gasteiger partial charge in [0.05, 0.1) is 6.10 Å². The highest BCUT2D eigenvalue weighted by molar-refractivity contribution is 5.76. The molecule has 1 fully saturated rings. The molecule has 1 heterocycles. The van der Waals surface area contributed by atoms with Gasteiger partial charge in [-0.05, 0) is 42.4 Å². The van der Waals surface area contributed by atoms with Crippen molar-refractivity contribution in [2.45, 2.75) is 39.2 Å².